The van der Waals surface area contributed by atoms with Gasteiger partial charge in [0.2, 0.25) is 0 Å². The first kappa shape index (κ1) is 14.3. The van der Waals surface area contributed by atoms with Crippen molar-refractivity contribution in [3.8, 4) is 5.75 Å². The molecule has 1 heterocycles. The summed E-state index contributed by atoms with van der Waals surface area (Å²) in [6.45, 7) is 0. The fraction of sp³-hybridized carbons (Fsp3) is 0.214. The molecule has 0 saturated carbocycles. The van der Waals surface area contributed by atoms with Crippen LogP contribution in [0.5, 0.6) is 5.75 Å². The Morgan fingerprint density at radius 1 is 1.10 bits per heavy atom. The van der Waals surface area contributed by atoms with Crippen LogP contribution >= 0.6 is 0 Å². The van der Waals surface area contributed by atoms with Crippen LogP contribution in [0.3, 0.4) is 0 Å². The summed E-state index contributed by atoms with van der Waals surface area (Å²) < 4.78 is 40.8. The average Bonchev–Trinajstić information content (AvgIpc) is 2.38. The Morgan fingerprint density at radius 2 is 1.80 bits per heavy atom. The van der Waals surface area contributed by atoms with Crippen molar-refractivity contribution in [1.82, 2.24) is 4.98 Å². The standard InChI is InChI=1S/C14H12F3NO2/c15-14(16,17)20-13-7-2-1-6-11(13)12(19)9-10-5-3-4-8-18-10/h1-8,12,19H,9H2. The maximum Gasteiger partial charge on any atom is 0.573 e. The van der Waals surface area contributed by atoms with E-state index in [9.17, 15) is 18.3 Å². The highest BCUT2D eigenvalue weighted by atomic mass is 19.4. The van der Waals surface area contributed by atoms with E-state index in [0.717, 1.165) is 0 Å². The molecule has 1 N–H and O–H groups in total. The highest BCUT2D eigenvalue weighted by Gasteiger charge is 2.32. The molecule has 2 rings (SSSR count). The zero-order valence-electron chi connectivity index (χ0n) is 10.3. The first-order valence-electron chi connectivity index (χ1n) is 5.88. The highest BCUT2D eigenvalue weighted by Crippen LogP contribution is 2.31. The number of para-hydroxylation sites is 1. The predicted molar refractivity (Wildman–Crippen MR) is 66.0 cm³/mol. The number of aliphatic hydroxyl groups is 1. The van der Waals surface area contributed by atoms with E-state index in [1.165, 1.54) is 18.2 Å². The van der Waals surface area contributed by atoms with Gasteiger partial charge in [0.15, 0.2) is 0 Å². The summed E-state index contributed by atoms with van der Waals surface area (Å²) in [5.41, 5.74) is 0.664. The molecule has 0 spiro atoms. The number of aliphatic hydroxyl groups excluding tert-OH is 1. The van der Waals surface area contributed by atoms with Crippen LogP contribution in [0.2, 0.25) is 0 Å². The smallest absolute Gasteiger partial charge is 0.405 e. The van der Waals surface area contributed by atoms with Gasteiger partial charge in [-0.3, -0.25) is 4.98 Å². The fourth-order valence-corrected chi connectivity index (χ4v) is 1.80. The van der Waals surface area contributed by atoms with E-state index >= 15 is 0 Å². The second kappa shape index (κ2) is 5.92. The topological polar surface area (TPSA) is 42.4 Å². The van der Waals surface area contributed by atoms with Gasteiger partial charge in [-0.1, -0.05) is 24.3 Å². The SMILES string of the molecule is OC(Cc1ccccn1)c1ccccc1OC(F)(F)F. The molecule has 2 aromatic rings. The fourth-order valence-electron chi connectivity index (χ4n) is 1.80. The van der Waals surface area contributed by atoms with E-state index in [0.29, 0.717) is 5.69 Å². The van der Waals surface area contributed by atoms with Crippen LogP contribution < -0.4 is 4.74 Å². The third kappa shape index (κ3) is 3.96. The van der Waals surface area contributed by atoms with Gasteiger partial charge in [-0.25, -0.2) is 0 Å². The Hall–Kier alpha value is -2.08. The Morgan fingerprint density at radius 3 is 2.45 bits per heavy atom. The number of hydrogen-bond donors (Lipinski definition) is 1. The molecule has 1 aromatic heterocycles. The average molecular weight is 283 g/mol. The summed E-state index contributed by atoms with van der Waals surface area (Å²) in [5, 5.41) is 10.1. The molecule has 3 nitrogen and oxygen atoms in total. The lowest BCUT2D eigenvalue weighted by atomic mass is 10.0. The number of ether oxygens (including phenoxy) is 1. The Kier molecular flexibility index (Phi) is 4.24. The van der Waals surface area contributed by atoms with Gasteiger partial charge in [0.25, 0.3) is 0 Å². The third-order valence-corrected chi connectivity index (χ3v) is 2.63. The molecule has 0 saturated heterocycles. The second-order valence-electron chi connectivity index (χ2n) is 4.13. The van der Waals surface area contributed by atoms with Crippen LogP contribution in [0.25, 0.3) is 0 Å². The van der Waals surface area contributed by atoms with Crippen molar-refractivity contribution in [1.29, 1.82) is 0 Å². The Labute approximate surface area is 113 Å². The highest BCUT2D eigenvalue weighted by molar-refractivity contribution is 5.35. The van der Waals surface area contributed by atoms with Gasteiger partial charge in [0, 0.05) is 23.9 Å². The van der Waals surface area contributed by atoms with Crippen LogP contribution in [-0.2, 0) is 6.42 Å². The minimum Gasteiger partial charge on any atom is -0.405 e. The molecule has 6 heteroatoms. The van der Waals surface area contributed by atoms with Crippen LogP contribution in [0.4, 0.5) is 13.2 Å². The zero-order valence-corrected chi connectivity index (χ0v) is 10.3. The normalized spacial score (nSPS) is 13.0. The Bertz CT molecular complexity index is 558. The lowest BCUT2D eigenvalue weighted by Gasteiger charge is -2.16. The van der Waals surface area contributed by atoms with Crippen molar-refractivity contribution in [3.05, 3.63) is 59.9 Å². The maximum atomic E-state index is 12.3. The minimum atomic E-state index is -4.79. The molecule has 0 amide bonds. The van der Waals surface area contributed by atoms with Crippen molar-refractivity contribution in [3.63, 3.8) is 0 Å². The molecule has 20 heavy (non-hydrogen) atoms. The van der Waals surface area contributed by atoms with Crippen molar-refractivity contribution < 1.29 is 23.0 Å². The summed E-state index contributed by atoms with van der Waals surface area (Å²) in [6.07, 6.45) is -4.25. The van der Waals surface area contributed by atoms with E-state index in [1.807, 2.05) is 0 Å². The van der Waals surface area contributed by atoms with Gasteiger partial charge in [0.05, 0.1) is 6.10 Å². The minimum absolute atomic E-state index is 0.0791. The summed E-state index contributed by atoms with van der Waals surface area (Å²) in [7, 11) is 0. The third-order valence-electron chi connectivity index (χ3n) is 2.63. The molecule has 1 aromatic carbocycles. The zero-order chi connectivity index (χ0) is 14.6. The van der Waals surface area contributed by atoms with E-state index in [4.69, 9.17) is 0 Å². The maximum absolute atomic E-state index is 12.3. The molecule has 0 aliphatic heterocycles. The first-order valence-corrected chi connectivity index (χ1v) is 5.88. The van der Waals surface area contributed by atoms with Gasteiger partial charge in [-0.2, -0.15) is 0 Å². The molecule has 0 fully saturated rings. The van der Waals surface area contributed by atoms with Crippen LogP contribution in [0.1, 0.15) is 17.4 Å². The number of rotatable bonds is 4. The first-order chi connectivity index (χ1) is 9.46. The van der Waals surface area contributed by atoms with Crippen LogP contribution in [0.15, 0.2) is 48.7 Å². The van der Waals surface area contributed by atoms with Gasteiger partial charge in [-0.05, 0) is 18.2 Å². The number of benzene rings is 1. The molecular weight excluding hydrogens is 271 g/mol. The lowest BCUT2D eigenvalue weighted by Crippen LogP contribution is -2.19. The summed E-state index contributed by atoms with van der Waals surface area (Å²) >= 11 is 0. The summed E-state index contributed by atoms with van der Waals surface area (Å²) in [6, 6.07) is 10.7. The van der Waals surface area contributed by atoms with Crippen LogP contribution in [0, 0.1) is 0 Å². The number of pyridine rings is 1. The van der Waals surface area contributed by atoms with Gasteiger partial charge in [-0.15, -0.1) is 13.2 Å². The van der Waals surface area contributed by atoms with Gasteiger partial charge in [0.1, 0.15) is 5.75 Å². The Balaban J connectivity index is 2.19. The molecule has 106 valence electrons. The molecule has 0 aliphatic carbocycles. The van der Waals surface area contributed by atoms with Crippen molar-refractivity contribution >= 4 is 0 Å². The van der Waals surface area contributed by atoms with E-state index < -0.39 is 18.2 Å². The van der Waals surface area contributed by atoms with Gasteiger partial charge >= 0.3 is 6.36 Å². The van der Waals surface area contributed by atoms with Crippen molar-refractivity contribution in [2.45, 2.75) is 18.9 Å². The van der Waals surface area contributed by atoms with Crippen LogP contribution in [-0.4, -0.2) is 16.5 Å². The monoisotopic (exact) mass is 283 g/mol. The lowest BCUT2D eigenvalue weighted by molar-refractivity contribution is -0.275. The predicted octanol–water partition coefficient (Wildman–Crippen LogP) is 3.26. The molecule has 0 bridgehead atoms. The number of alkyl halides is 3. The molecular formula is C14H12F3NO2. The van der Waals surface area contributed by atoms with E-state index in [-0.39, 0.29) is 12.0 Å². The van der Waals surface area contributed by atoms with Crippen molar-refractivity contribution in [2.75, 3.05) is 0 Å². The quantitative estimate of drug-likeness (QED) is 0.936. The second-order valence-corrected chi connectivity index (χ2v) is 4.13. The molecule has 0 aliphatic rings. The summed E-state index contributed by atoms with van der Waals surface area (Å²) in [4.78, 5) is 4.03. The van der Waals surface area contributed by atoms with Crippen molar-refractivity contribution in [2.24, 2.45) is 0 Å². The molecule has 1 atom stereocenters. The largest absolute Gasteiger partial charge is 0.573 e. The van der Waals surface area contributed by atoms with E-state index in [2.05, 4.69) is 9.72 Å². The number of aromatic nitrogens is 1. The summed E-state index contributed by atoms with van der Waals surface area (Å²) in [5.74, 6) is -0.400. The van der Waals surface area contributed by atoms with E-state index in [1.54, 1.807) is 30.5 Å². The van der Waals surface area contributed by atoms with Gasteiger partial charge < -0.3 is 9.84 Å². The number of halogens is 3. The molecule has 1 unspecified atom stereocenters. The number of nitrogens with zero attached hydrogens (tertiary/aromatic N) is 1. The number of hydrogen-bond acceptors (Lipinski definition) is 3. The molecule has 0 radical (unpaired) electrons.